The van der Waals surface area contributed by atoms with Gasteiger partial charge in [0.15, 0.2) is 0 Å². The lowest BCUT2D eigenvalue weighted by Crippen LogP contribution is -3.06. The molecule has 0 amide bonds. The highest BCUT2D eigenvalue weighted by molar-refractivity contribution is 7.89. The average Bonchev–Trinajstić information content (AvgIpc) is 2.66. The zero-order valence-corrected chi connectivity index (χ0v) is 16.8. The van der Waals surface area contributed by atoms with E-state index < -0.39 is 14.9 Å². The number of nitro benzene ring substituents is 1. The molecule has 28 heavy (non-hydrogen) atoms. The van der Waals surface area contributed by atoms with Crippen molar-refractivity contribution in [3.63, 3.8) is 0 Å². The van der Waals surface area contributed by atoms with E-state index in [2.05, 4.69) is 10.8 Å². The number of fused-ring (bicyclic) bond motifs is 1. The van der Waals surface area contributed by atoms with Gasteiger partial charge in [-0.05, 0) is 29.7 Å². The third kappa shape index (κ3) is 4.49. The topological polar surface area (TPSA) is 97.0 Å². The maximum absolute atomic E-state index is 12.5. The van der Waals surface area contributed by atoms with Gasteiger partial charge in [0.05, 0.1) is 37.0 Å². The maximum Gasteiger partial charge on any atom is 0.293 e. The number of benzene rings is 2. The normalized spacial score (nSPS) is 14.2. The third-order valence-corrected chi connectivity index (χ3v) is 6.30. The van der Waals surface area contributed by atoms with E-state index in [-0.39, 0.29) is 17.1 Å². The molecule has 1 aliphatic rings. The molecule has 0 saturated heterocycles. The third-order valence-electron chi connectivity index (χ3n) is 4.84. The molecule has 1 aliphatic heterocycles. The Morgan fingerprint density at radius 1 is 1.18 bits per heavy atom. The van der Waals surface area contributed by atoms with Crippen molar-refractivity contribution in [2.24, 2.45) is 0 Å². The smallest absolute Gasteiger partial charge is 0.293 e. The number of quaternary nitrogens is 1. The minimum Gasteiger partial charge on any atom is -0.361 e. The summed E-state index contributed by atoms with van der Waals surface area (Å²) < 4.78 is 27.5. The highest BCUT2D eigenvalue weighted by atomic mass is 32.2. The molecular formula is C19H25N4O4S+. The predicted molar refractivity (Wildman–Crippen MR) is 107 cm³/mol. The lowest BCUT2D eigenvalue weighted by atomic mass is 9.99. The summed E-state index contributed by atoms with van der Waals surface area (Å²) >= 11 is 0. The molecule has 1 heterocycles. The van der Waals surface area contributed by atoms with Crippen LogP contribution in [0, 0.1) is 10.1 Å². The summed E-state index contributed by atoms with van der Waals surface area (Å²) in [6.45, 7) is 2.09. The number of sulfonamides is 1. The van der Waals surface area contributed by atoms with Crippen LogP contribution in [0.4, 0.5) is 11.4 Å². The highest BCUT2D eigenvalue weighted by Gasteiger charge is 2.26. The fraction of sp³-hybridized carbons (Fsp3) is 0.368. The summed E-state index contributed by atoms with van der Waals surface area (Å²) in [5.41, 5.74) is 2.62. The monoisotopic (exact) mass is 405 g/mol. The molecule has 0 bridgehead atoms. The van der Waals surface area contributed by atoms with Gasteiger partial charge in [-0.2, -0.15) is 0 Å². The van der Waals surface area contributed by atoms with E-state index in [1.54, 1.807) is 0 Å². The van der Waals surface area contributed by atoms with Gasteiger partial charge in [0, 0.05) is 19.2 Å². The number of hydrogen-bond acceptors (Lipinski definition) is 5. The van der Waals surface area contributed by atoms with Gasteiger partial charge in [-0.1, -0.05) is 24.3 Å². The molecule has 2 aromatic rings. The number of hydrogen-bond donors (Lipinski definition) is 2. The van der Waals surface area contributed by atoms with Crippen LogP contribution in [0.1, 0.15) is 11.1 Å². The number of nitrogens with zero attached hydrogens (tertiary/aromatic N) is 2. The molecule has 9 heteroatoms. The summed E-state index contributed by atoms with van der Waals surface area (Å²) in [4.78, 5) is 14.1. The maximum atomic E-state index is 12.5. The van der Waals surface area contributed by atoms with Crippen molar-refractivity contribution in [3.05, 3.63) is 63.7 Å². The summed E-state index contributed by atoms with van der Waals surface area (Å²) in [6, 6.07) is 12.2. The molecule has 8 nitrogen and oxygen atoms in total. The van der Waals surface area contributed by atoms with Crippen LogP contribution >= 0.6 is 0 Å². The summed E-state index contributed by atoms with van der Waals surface area (Å²) in [6.07, 6.45) is 0.793. The second kappa shape index (κ2) is 8.26. The van der Waals surface area contributed by atoms with Crippen LogP contribution < -0.4 is 14.5 Å². The fourth-order valence-corrected chi connectivity index (χ4v) is 4.36. The van der Waals surface area contributed by atoms with Crippen molar-refractivity contribution in [3.8, 4) is 0 Å². The van der Waals surface area contributed by atoms with Gasteiger partial charge in [0.2, 0.25) is 10.0 Å². The van der Waals surface area contributed by atoms with Crippen LogP contribution in [0.25, 0.3) is 0 Å². The van der Waals surface area contributed by atoms with Crippen LogP contribution in [0.2, 0.25) is 0 Å². The van der Waals surface area contributed by atoms with Gasteiger partial charge in [0.1, 0.15) is 5.69 Å². The van der Waals surface area contributed by atoms with Crippen LogP contribution in [0.3, 0.4) is 0 Å². The Kier molecular flexibility index (Phi) is 5.97. The predicted octanol–water partition coefficient (Wildman–Crippen LogP) is 0.580. The van der Waals surface area contributed by atoms with Crippen molar-refractivity contribution in [2.45, 2.75) is 17.9 Å². The number of nitrogens with one attached hydrogen (secondary N) is 2. The second-order valence-electron chi connectivity index (χ2n) is 7.20. The van der Waals surface area contributed by atoms with E-state index in [1.807, 2.05) is 37.2 Å². The lowest BCUT2D eigenvalue weighted by Gasteiger charge is -2.30. The first-order valence-electron chi connectivity index (χ1n) is 9.17. The molecule has 0 aliphatic carbocycles. The van der Waals surface area contributed by atoms with Crippen molar-refractivity contribution in [2.75, 3.05) is 38.6 Å². The summed E-state index contributed by atoms with van der Waals surface area (Å²) in [7, 11) is 0.0483. The Bertz CT molecular complexity index is 976. The van der Waals surface area contributed by atoms with Gasteiger partial charge in [-0.15, -0.1) is 0 Å². The quantitative estimate of drug-likeness (QED) is 0.519. The standard InChI is InChI=1S/C19H24N4O4S/c1-21(2)12-10-20-28(26,27)17-7-8-18(19(13-17)23(24)25)22-11-9-15-5-3-4-6-16(15)14-22/h3-8,13,20H,9-12,14H2,1-2H3/p+1. The Labute approximate surface area is 165 Å². The zero-order valence-electron chi connectivity index (χ0n) is 16.0. The fourth-order valence-electron chi connectivity index (χ4n) is 3.30. The second-order valence-corrected chi connectivity index (χ2v) is 8.97. The van der Waals surface area contributed by atoms with E-state index in [1.165, 1.54) is 17.7 Å². The number of nitro groups is 1. The van der Waals surface area contributed by atoms with Crippen molar-refractivity contribution >= 4 is 21.4 Å². The zero-order chi connectivity index (χ0) is 20.3. The van der Waals surface area contributed by atoms with Crippen molar-refractivity contribution in [1.29, 1.82) is 0 Å². The van der Waals surface area contributed by atoms with E-state index in [0.717, 1.165) is 23.0 Å². The average molecular weight is 406 g/mol. The van der Waals surface area contributed by atoms with E-state index in [9.17, 15) is 18.5 Å². The first-order valence-corrected chi connectivity index (χ1v) is 10.6. The summed E-state index contributed by atoms with van der Waals surface area (Å²) in [5, 5.41) is 11.7. The number of rotatable bonds is 7. The molecule has 3 rings (SSSR count). The Balaban J connectivity index is 1.87. The largest absolute Gasteiger partial charge is 0.361 e. The molecule has 0 atom stereocenters. The first-order chi connectivity index (χ1) is 13.3. The van der Waals surface area contributed by atoms with Gasteiger partial charge in [-0.3, -0.25) is 10.1 Å². The minimum atomic E-state index is -3.79. The molecule has 0 fully saturated rings. The van der Waals surface area contributed by atoms with Gasteiger partial charge < -0.3 is 9.80 Å². The van der Waals surface area contributed by atoms with Crippen molar-refractivity contribution in [1.82, 2.24) is 4.72 Å². The summed E-state index contributed by atoms with van der Waals surface area (Å²) in [5.74, 6) is 0. The molecule has 0 radical (unpaired) electrons. The Hall–Kier alpha value is -2.49. The minimum absolute atomic E-state index is 0.0888. The van der Waals surface area contributed by atoms with Gasteiger partial charge >= 0.3 is 0 Å². The molecule has 2 N–H and O–H groups in total. The van der Waals surface area contributed by atoms with Crippen LogP contribution in [-0.2, 0) is 23.0 Å². The molecule has 0 unspecified atom stereocenters. The highest BCUT2D eigenvalue weighted by Crippen LogP contribution is 2.33. The van der Waals surface area contributed by atoms with Crippen LogP contribution in [0.15, 0.2) is 47.4 Å². The Morgan fingerprint density at radius 2 is 1.89 bits per heavy atom. The molecule has 0 saturated carbocycles. The molecular weight excluding hydrogens is 380 g/mol. The number of anilines is 1. The van der Waals surface area contributed by atoms with E-state index in [4.69, 9.17) is 0 Å². The Morgan fingerprint density at radius 3 is 2.57 bits per heavy atom. The molecule has 150 valence electrons. The van der Waals surface area contributed by atoms with E-state index in [0.29, 0.717) is 25.3 Å². The SMILES string of the molecule is C[NH+](C)CCNS(=O)(=O)c1ccc(N2CCc3ccccc3C2)c([N+](=O)[O-])c1. The van der Waals surface area contributed by atoms with Crippen molar-refractivity contribution < 1.29 is 18.2 Å². The van der Waals surface area contributed by atoms with Gasteiger partial charge in [0.25, 0.3) is 5.69 Å². The van der Waals surface area contributed by atoms with Crippen LogP contribution in [0.5, 0.6) is 0 Å². The number of likely N-dealkylation sites (N-methyl/N-ethyl adjacent to an activating group) is 1. The lowest BCUT2D eigenvalue weighted by molar-refractivity contribution is -0.856. The molecule has 2 aromatic carbocycles. The first kappa shape index (κ1) is 20.2. The molecule has 0 aromatic heterocycles. The van der Waals surface area contributed by atoms with Crippen LogP contribution in [-0.4, -0.2) is 47.1 Å². The van der Waals surface area contributed by atoms with Gasteiger partial charge in [-0.25, -0.2) is 13.1 Å². The molecule has 0 spiro atoms. The van der Waals surface area contributed by atoms with E-state index >= 15 is 0 Å².